The number of nitrogens with two attached hydrogens (primary N) is 1. The maximum atomic E-state index is 14.3. The fraction of sp³-hybridized carbons (Fsp3) is 0.400. The lowest BCUT2D eigenvalue weighted by Gasteiger charge is -2.37. The van der Waals surface area contributed by atoms with Crippen LogP contribution in [0.1, 0.15) is 43.7 Å². The highest BCUT2D eigenvalue weighted by Gasteiger charge is 2.35. The highest BCUT2D eigenvalue weighted by molar-refractivity contribution is 5.95. The summed E-state index contributed by atoms with van der Waals surface area (Å²) in [4.78, 5) is 44.0. The van der Waals surface area contributed by atoms with Crippen LogP contribution >= 0.6 is 0 Å². The Morgan fingerprint density at radius 3 is 2.21 bits per heavy atom. The van der Waals surface area contributed by atoms with Crippen LogP contribution < -0.4 is 11.1 Å². The number of hydrogen-bond donors (Lipinski definition) is 3. The number of aliphatic hydroxyl groups is 1. The quantitative estimate of drug-likeness (QED) is 0.266. The van der Waals surface area contributed by atoms with Gasteiger partial charge in [-0.3, -0.25) is 14.4 Å². The van der Waals surface area contributed by atoms with Crippen LogP contribution in [-0.4, -0.2) is 77.0 Å². The van der Waals surface area contributed by atoms with Crippen molar-refractivity contribution in [2.75, 3.05) is 20.6 Å². The highest BCUT2D eigenvalue weighted by Crippen LogP contribution is 2.32. The number of aliphatic hydroxyl groups excluding tert-OH is 1. The normalized spacial score (nSPS) is 16.2. The first-order valence-corrected chi connectivity index (χ1v) is 15.0. The van der Waals surface area contributed by atoms with Gasteiger partial charge in [0.25, 0.3) is 0 Å². The Bertz CT molecular complexity index is 1430. The lowest BCUT2D eigenvalue weighted by molar-refractivity contribution is -0.146. The van der Waals surface area contributed by atoms with Gasteiger partial charge in [-0.05, 0) is 60.6 Å². The molecule has 4 rings (SSSR count). The molecule has 0 unspecified atom stereocenters. The number of hydrogen-bond acceptors (Lipinski definition) is 5. The summed E-state index contributed by atoms with van der Waals surface area (Å²) in [6.07, 6.45) is 6.73. The Kier molecular flexibility index (Phi) is 10.7. The van der Waals surface area contributed by atoms with Crippen molar-refractivity contribution >= 4 is 28.5 Å². The van der Waals surface area contributed by atoms with Crippen LogP contribution in [0.5, 0.6) is 0 Å². The number of carbonyl (C=O) groups excluding carboxylic acids is 3. The molecule has 0 saturated heterocycles. The van der Waals surface area contributed by atoms with Crippen molar-refractivity contribution in [3.05, 3.63) is 96.1 Å². The topological polar surface area (TPSA) is 116 Å². The summed E-state index contributed by atoms with van der Waals surface area (Å²) in [6, 6.07) is 21.8. The molecule has 0 radical (unpaired) electrons. The predicted octanol–water partition coefficient (Wildman–Crippen LogP) is 3.60. The van der Waals surface area contributed by atoms with Gasteiger partial charge in [-0.15, -0.1) is 0 Å². The van der Waals surface area contributed by atoms with Crippen LogP contribution in [0.25, 0.3) is 10.8 Å². The Morgan fingerprint density at radius 1 is 0.907 bits per heavy atom. The van der Waals surface area contributed by atoms with E-state index in [0.717, 1.165) is 41.2 Å². The molecule has 4 N–H and O–H groups in total. The third-order valence-electron chi connectivity index (χ3n) is 8.44. The maximum Gasteiger partial charge on any atom is 0.246 e. The molecule has 228 valence electrons. The van der Waals surface area contributed by atoms with Crippen molar-refractivity contribution in [2.24, 2.45) is 5.73 Å². The van der Waals surface area contributed by atoms with E-state index >= 15 is 0 Å². The van der Waals surface area contributed by atoms with Gasteiger partial charge in [0.05, 0.1) is 6.10 Å². The number of nitrogens with zero attached hydrogens (tertiary/aromatic N) is 2. The Balaban J connectivity index is 1.61. The SMILES string of the molecule is C[C@@H](O)CNC(=O)[C@@H](Cc1ccccc1)N(C)C(=O)[C@@H](Cc1ccc2ccccc2c1)N(C)C(=O)C=CCC1(N)CCC1. The minimum absolute atomic E-state index is 0.0679. The second-order valence-electron chi connectivity index (χ2n) is 11.9. The van der Waals surface area contributed by atoms with E-state index in [0.29, 0.717) is 6.42 Å². The fourth-order valence-corrected chi connectivity index (χ4v) is 5.48. The number of carbonyl (C=O) groups is 3. The van der Waals surface area contributed by atoms with E-state index in [4.69, 9.17) is 5.73 Å². The molecule has 8 heteroatoms. The molecule has 43 heavy (non-hydrogen) atoms. The summed E-state index contributed by atoms with van der Waals surface area (Å²) in [5.74, 6) is -1.01. The van der Waals surface area contributed by atoms with Crippen molar-refractivity contribution in [1.82, 2.24) is 15.1 Å². The molecular formula is C35H44N4O4. The van der Waals surface area contributed by atoms with Crippen molar-refractivity contribution in [1.29, 1.82) is 0 Å². The van der Waals surface area contributed by atoms with E-state index in [2.05, 4.69) is 5.32 Å². The van der Waals surface area contributed by atoms with Gasteiger partial charge in [-0.1, -0.05) is 78.9 Å². The highest BCUT2D eigenvalue weighted by atomic mass is 16.3. The summed E-state index contributed by atoms with van der Waals surface area (Å²) >= 11 is 0. The molecule has 1 aliphatic carbocycles. The first-order valence-electron chi connectivity index (χ1n) is 15.0. The van der Waals surface area contributed by atoms with E-state index < -0.39 is 18.2 Å². The van der Waals surface area contributed by atoms with E-state index in [-0.39, 0.29) is 42.6 Å². The molecule has 3 atom stereocenters. The molecule has 0 aromatic heterocycles. The first-order chi connectivity index (χ1) is 20.6. The van der Waals surface area contributed by atoms with E-state index in [1.807, 2.05) is 72.8 Å². The van der Waals surface area contributed by atoms with Crippen molar-refractivity contribution in [2.45, 2.75) is 69.2 Å². The molecule has 3 amide bonds. The van der Waals surface area contributed by atoms with Crippen LogP contribution in [0.4, 0.5) is 0 Å². The van der Waals surface area contributed by atoms with E-state index in [1.165, 1.54) is 15.9 Å². The standard InChI is InChI=1S/C35H44N4O4/c1-25(40)24-37-33(42)30(22-26-11-5-4-6-12-26)39(3)34(43)31(23-27-16-17-28-13-7-8-14-29(28)21-27)38(2)32(41)15-9-18-35(36)19-10-20-35/h4-9,11-17,21,25,30-31,40H,10,18-20,22-24,36H2,1-3H3,(H,37,42)/t25-,30-,31-/m1/s1. The van der Waals surface area contributed by atoms with Gasteiger partial charge in [0, 0.05) is 39.0 Å². The van der Waals surface area contributed by atoms with Crippen LogP contribution in [0, 0.1) is 0 Å². The van der Waals surface area contributed by atoms with Crippen molar-refractivity contribution in [3.63, 3.8) is 0 Å². The number of rotatable bonds is 13. The zero-order chi connectivity index (χ0) is 31.0. The summed E-state index contributed by atoms with van der Waals surface area (Å²) in [6.45, 7) is 1.66. The molecule has 0 bridgehead atoms. The largest absolute Gasteiger partial charge is 0.392 e. The number of nitrogens with one attached hydrogen (secondary N) is 1. The maximum absolute atomic E-state index is 14.3. The van der Waals surface area contributed by atoms with Crippen LogP contribution in [-0.2, 0) is 27.2 Å². The second kappa shape index (κ2) is 14.4. The molecule has 1 aliphatic rings. The summed E-state index contributed by atoms with van der Waals surface area (Å²) in [5, 5.41) is 14.7. The molecule has 3 aromatic carbocycles. The van der Waals surface area contributed by atoms with Crippen LogP contribution in [0.15, 0.2) is 84.9 Å². The Hall–Kier alpha value is -4.01. The van der Waals surface area contributed by atoms with Gasteiger partial charge >= 0.3 is 0 Å². The minimum atomic E-state index is -0.860. The molecule has 1 saturated carbocycles. The van der Waals surface area contributed by atoms with E-state index in [1.54, 1.807) is 27.1 Å². The fourth-order valence-electron chi connectivity index (χ4n) is 5.48. The predicted molar refractivity (Wildman–Crippen MR) is 170 cm³/mol. The molecule has 0 heterocycles. The zero-order valence-electron chi connectivity index (χ0n) is 25.4. The second-order valence-corrected chi connectivity index (χ2v) is 11.9. The third kappa shape index (κ3) is 8.52. The molecule has 0 spiro atoms. The number of fused-ring (bicyclic) bond motifs is 1. The number of likely N-dealkylation sites (N-methyl/N-ethyl adjacent to an activating group) is 2. The van der Waals surface area contributed by atoms with Crippen molar-refractivity contribution in [3.8, 4) is 0 Å². The summed E-state index contributed by atoms with van der Waals surface area (Å²) < 4.78 is 0. The molecule has 3 aromatic rings. The van der Waals surface area contributed by atoms with Gasteiger partial charge in [-0.25, -0.2) is 0 Å². The summed E-state index contributed by atoms with van der Waals surface area (Å²) in [7, 11) is 3.24. The average molecular weight is 585 g/mol. The van der Waals surface area contributed by atoms with Gasteiger partial charge in [0.2, 0.25) is 17.7 Å². The Morgan fingerprint density at radius 2 is 1.56 bits per heavy atom. The van der Waals surface area contributed by atoms with E-state index in [9.17, 15) is 19.5 Å². The van der Waals surface area contributed by atoms with Crippen molar-refractivity contribution < 1.29 is 19.5 Å². The molecule has 8 nitrogen and oxygen atoms in total. The molecule has 1 fully saturated rings. The van der Waals surface area contributed by atoms with Gasteiger partial charge in [0.15, 0.2) is 0 Å². The minimum Gasteiger partial charge on any atom is -0.392 e. The first kappa shape index (κ1) is 31.9. The smallest absolute Gasteiger partial charge is 0.246 e. The van der Waals surface area contributed by atoms with Crippen LogP contribution in [0.2, 0.25) is 0 Å². The lowest BCUT2D eigenvalue weighted by atomic mass is 9.75. The number of benzene rings is 3. The lowest BCUT2D eigenvalue weighted by Crippen LogP contribution is -2.56. The average Bonchev–Trinajstić information content (AvgIpc) is 2.99. The molecule has 0 aliphatic heterocycles. The molecular weight excluding hydrogens is 540 g/mol. The number of amides is 3. The summed E-state index contributed by atoms with van der Waals surface area (Å²) in [5.41, 5.74) is 7.89. The van der Waals surface area contributed by atoms with Crippen LogP contribution in [0.3, 0.4) is 0 Å². The third-order valence-corrected chi connectivity index (χ3v) is 8.44. The zero-order valence-corrected chi connectivity index (χ0v) is 25.4. The Labute approximate surface area is 254 Å². The van der Waals surface area contributed by atoms with Gasteiger partial charge in [0.1, 0.15) is 12.1 Å². The van der Waals surface area contributed by atoms with Gasteiger partial charge < -0.3 is 26.0 Å². The monoisotopic (exact) mass is 584 g/mol. The van der Waals surface area contributed by atoms with Gasteiger partial charge in [-0.2, -0.15) is 0 Å².